The molecule has 4 aliphatic rings. The van der Waals surface area contributed by atoms with E-state index < -0.39 is 5.91 Å². The van der Waals surface area contributed by atoms with Crippen LogP contribution in [0.15, 0.2) is 42.9 Å². The lowest BCUT2D eigenvalue weighted by Crippen LogP contribution is -2.56. The summed E-state index contributed by atoms with van der Waals surface area (Å²) in [6.45, 7) is 8.36. The number of nitrogens with zero attached hydrogens (tertiary/aromatic N) is 7. The fourth-order valence-electron chi connectivity index (χ4n) is 7.51. The number of primary amides is 1. The summed E-state index contributed by atoms with van der Waals surface area (Å²) in [4.78, 5) is 41.9. The Kier molecular flexibility index (Phi) is 7.46. The van der Waals surface area contributed by atoms with Crippen molar-refractivity contribution >= 4 is 40.1 Å². The van der Waals surface area contributed by atoms with Crippen molar-refractivity contribution in [3.8, 4) is 11.3 Å². The van der Waals surface area contributed by atoms with Gasteiger partial charge in [-0.15, -0.1) is 0 Å². The predicted molar refractivity (Wildman–Crippen MR) is 177 cm³/mol. The maximum Gasteiger partial charge on any atom is 0.271 e. The van der Waals surface area contributed by atoms with Crippen LogP contribution in [0.3, 0.4) is 0 Å². The maximum absolute atomic E-state index is 12.8. The van der Waals surface area contributed by atoms with Gasteiger partial charge in [0.2, 0.25) is 0 Å². The lowest BCUT2D eigenvalue weighted by Gasteiger charge is -2.53. The van der Waals surface area contributed by atoms with Gasteiger partial charge in [-0.1, -0.05) is 0 Å². The Labute approximate surface area is 267 Å². The zero-order valence-electron chi connectivity index (χ0n) is 26.2. The van der Waals surface area contributed by atoms with Crippen molar-refractivity contribution < 1.29 is 9.53 Å². The Morgan fingerprint density at radius 1 is 0.978 bits per heavy atom. The molecule has 1 aliphatic carbocycles. The van der Waals surface area contributed by atoms with Crippen LogP contribution in [-0.4, -0.2) is 112 Å². The molecule has 0 radical (unpaired) electrons. The molecule has 240 valence electrons. The quantitative estimate of drug-likeness (QED) is 0.229. The van der Waals surface area contributed by atoms with Gasteiger partial charge in [-0.2, -0.15) is 0 Å². The van der Waals surface area contributed by atoms with Gasteiger partial charge in [0.15, 0.2) is 23.0 Å². The van der Waals surface area contributed by atoms with Gasteiger partial charge in [0.05, 0.1) is 25.1 Å². The molecule has 8 rings (SSSR count). The molecule has 6 heterocycles. The van der Waals surface area contributed by atoms with Gasteiger partial charge in [0, 0.05) is 79.9 Å². The number of imidazole rings is 1. The predicted octanol–water partition coefficient (Wildman–Crippen LogP) is 3.06. The molecule has 0 bridgehead atoms. The van der Waals surface area contributed by atoms with E-state index in [-0.39, 0.29) is 17.2 Å². The number of fused-ring (bicyclic) bond motifs is 1. The number of hydrogen-bond donors (Lipinski definition) is 4. The minimum absolute atomic E-state index is 0.0672. The first-order chi connectivity index (χ1) is 22.4. The zero-order valence-corrected chi connectivity index (χ0v) is 26.2. The summed E-state index contributed by atoms with van der Waals surface area (Å²) in [5.74, 6) is 0.233. The highest BCUT2D eigenvalue weighted by molar-refractivity contribution is 5.99. The van der Waals surface area contributed by atoms with Gasteiger partial charge in [-0.05, 0) is 63.1 Å². The molecule has 13 heteroatoms. The number of ether oxygens (including phenoxy) is 1. The van der Waals surface area contributed by atoms with Crippen molar-refractivity contribution in [2.75, 3.05) is 75.1 Å². The molecule has 4 fully saturated rings. The highest BCUT2D eigenvalue weighted by Crippen LogP contribution is 2.48. The van der Waals surface area contributed by atoms with Crippen LogP contribution in [0.25, 0.3) is 22.4 Å². The third-order valence-electron chi connectivity index (χ3n) is 10.2. The number of piperazine rings is 1. The second kappa shape index (κ2) is 11.8. The number of H-pyrrole nitrogens is 1. The number of hydrogen-bond acceptors (Lipinski definition) is 11. The Morgan fingerprint density at radius 3 is 2.43 bits per heavy atom. The summed E-state index contributed by atoms with van der Waals surface area (Å²) in [5, 5.41) is 6.95. The number of aromatic nitrogens is 5. The Morgan fingerprint density at radius 2 is 1.74 bits per heavy atom. The second-order valence-corrected chi connectivity index (χ2v) is 13.4. The van der Waals surface area contributed by atoms with Gasteiger partial charge in [0.25, 0.3) is 5.91 Å². The maximum atomic E-state index is 12.8. The van der Waals surface area contributed by atoms with Gasteiger partial charge in [-0.3, -0.25) is 9.69 Å². The summed E-state index contributed by atoms with van der Waals surface area (Å²) < 4.78 is 5.48. The number of nitrogens with one attached hydrogen (secondary N) is 3. The van der Waals surface area contributed by atoms with E-state index in [1.807, 2.05) is 18.2 Å². The average Bonchev–Trinajstić information content (AvgIpc) is 3.52. The van der Waals surface area contributed by atoms with Crippen molar-refractivity contribution in [2.45, 2.75) is 37.8 Å². The summed E-state index contributed by atoms with van der Waals surface area (Å²) in [6.07, 6.45) is 7.64. The smallest absolute Gasteiger partial charge is 0.271 e. The molecule has 1 spiro atoms. The number of piperidine rings is 1. The highest BCUT2D eigenvalue weighted by atomic mass is 16.5. The van der Waals surface area contributed by atoms with Crippen LogP contribution >= 0.6 is 0 Å². The van der Waals surface area contributed by atoms with E-state index in [1.165, 1.54) is 31.6 Å². The van der Waals surface area contributed by atoms with E-state index in [1.54, 1.807) is 12.5 Å². The fraction of sp³-hybridized carbons (Fsp3) is 0.485. The fourth-order valence-corrected chi connectivity index (χ4v) is 7.51. The Bertz CT molecular complexity index is 1710. The summed E-state index contributed by atoms with van der Waals surface area (Å²) in [6, 6.07) is 11.1. The normalized spacial score (nSPS) is 20.8. The summed E-state index contributed by atoms with van der Waals surface area (Å²) in [5.41, 5.74) is 10.8. The molecule has 13 nitrogen and oxygen atoms in total. The van der Waals surface area contributed by atoms with Crippen LogP contribution in [0.2, 0.25) is 0 Å². The van der Waals surface area contributed by atoms with Crippen LogP contribution < -0.4 is 21.3 Å². The first kappa shape index (κ1) is 29.1. The number of carbonyl (C=O) groups is 1. The molecule has 3 aliphatic heterocycles. The number of rotatable bonds is 8. The lowest BCUT2D eigenvalue weighted by molar-refractivity contribution is -0.159. The zero-order chi connectivity index (χ0) is 31.3. The third-order valence-corrected chi connectivity index (χ3v) is 10.2. The van der Waals surface area contributed by atoms with E-state index in [0.29, 0.717) is 29.0 Å². The minimum atomic E-state index is -0.660. The Balaban J connectivity index is 1.03. The van der Waals surface area contributed by atoms with E-state index >= 15 is 0 Å². The standard InChI is InChI=1S/C33H41N11O2/c1-42-12-14-44(15-13-42)24-7-10-43(11-8-24)23-4-2-21(3-5-23)38-32-28(29(34)45)40-27(25-6-9-35-30-26(25)36-20-37-30)31(41-32)39-22-16-33(17-22)18-46-19-33/h2-6,9,20,22,24H,7-8,10-19H2,1H3,(H2,34,45)(H,35,36,37)(H2,38,39,41). The number of nitrogens with two attached hydrogens (primary N) is 1. The monoisotopic (exact) mass is 623 g/mol. The van der Waals surface area contributed by atoms with E-state index in [0.717, 1.165) is 69.0 Å². The van der Waals surface area contributed by atoms with Crippen LogP contribution in [-0.2, 0) is 4.74 Å². The van der Waals surface area contributed by atoms with Crippen LogP contribution in [0, 0.1) is 5.41 Å². The summed E-state index contributed by atoms with van der Waals surface area (Å²) in [7, 11) is 2.21. The van der Waals surface area contributed by atoms with Gasteiger partial charge in [0.1, 0.15) is 5.69 Å². The first-order valence-electron chi connectivity index (χ1n) is 16.3. The van der Waals surface area contributed by atoms with E-state index in [9.17, 15) is 4.79 Å². The molecule has 5 N–H and O–H groups in total. The van der Waals surface area contributed by atoms with Gasteiger partial charge >= 0.3 is 0 Å². The first-order valence-corrected chi connectivity index (χ1v) is 16.3. The van der Waals surface area contributed by atoms with Crippen molar-refractivity contribution in [1.82, 2.24) is 34.7 Å². The third kappa shape index (κ3) is 5.52. The molecule has 3 aromatic heterocycles. The highest BCUT2D eigenvalue weighted by Gasteiger charge is 2.50. The van der Waals surface area contributed by atoms with Crippen molar-refractivity contribution in [2.24, 2.45) is 11.1 Å². The van der Waals surface area contributed by atoms with E-state index in [4.69, 9.17) is 20.4 Å². The number of amides is 1. The topological polar surface area (TPSA) is 153 Å². The molecule has 3 saturated heterocycles. The molecule has 0 unspecified atom stereocenters. The average molecular weight is 624 g/mol. The largest absolute Gasteiger partial charge is 0.380 e. The molecular formula is C33H41N11O2. The van der Waals surface area contributed by atoms with E-state index in [2.05, 4.69) is 59.5 Å². The molecule has 1 amide bonds. The second-order valence-electron chi connectivity index (χ2n) is 13.4. The number of aromatic amines is 1. The number of likely N-dealkylation sites (N-methyl/N-ethyl adjacent to an activating group) is 1. The number of pyridine rings is 1. The lowest BCUT2D eigenvalue weighted by atomic mass is 9.64. The Hall–Kier alpha value is -4.33. The number of benzene rings is 1. The molecular weight excluding hydrogens is 582 g/mol. The number of anilines is 4. The number of carbonyl (C=O) groups excluding carboxylic acids is 1. The molecule has 46 heavy (non-hydrogen) atoms. The van der Waals surface area contributed by atoms with Crippen LogP contribution in [0.5, 0.6) is 0 Å². The van der Waals surface area contributed by atoms with Crippen LogP contribution in [0.1, 0.15) is 36.2 Å². The molecule has 1 saturated carbocycles. The van der Waals surface area contributed by atoms with Crippen molar-refractivity contribution in [3.05, 3.63) is 48.5 Å². The van der Waals surface area contributed by atoms with Crippen LogP contribution in [0.4, 0.5) is 23.0 Å². The minimum Gasteiger partial charge on any atom is -0.380 e. The SMILES string of the molecule is CN1CCN(C2CCN(c3ccc(Nc4nc(NC5CC6(COC6)C5)c(-c5ccnc6nc[nH]c56)nc4C(N)=O)cc3)CC2)CC1. The molecule has 0 atom stereocenters. The van der Waals surface area contributed by atoms with Crippen molar-refractivity contribution in [1.29, 1.82) is 0 Å². The van der Waals surface area contributed by atoms with Gasteiger partial charge in [-0.25, -0.2) is 19.9 Å². The molecule has 1 aromatic carbocycles. The molecule has 4 aromatic rings. The van der Waals surface area contributed by atoms with Crippen molar-refractivity contribution in [3.63, 3.8) is 0 Å². The van der Waals surface area contributed by atoms with Gasteiger partial charge < -0.3 is 35.9 Å². The summed E-state index contributed by atoms with van der Waals surface area (Å²) >= 11 is 0.